The second-order valence-corrected chi connectivity index (χ2v) is 9.11. The van der Waals surface area contributed by atoms with Crippen LogP contribution in [0, 0.1) is 0 Å². The monoisotopic (exact) mass is 545 g/mol. The smallest absolute Gasteiger partial charge is 0.217 e. The Morgan fingerprint density at radius 2 is 1.27 bits per heavy atom. The molecule has 3 rings (SSSR count). The van der Waals surface area contributed by atoms with E-state index in [1.54, 1.807) is 0 Å². The molecule has 1 amide bonds. The van der Waals surface area contributed by atoms with E-state index in [4.69, 9.17) is 23.7 Å². The topological polar surface area (TPSA) is 278 Å². The number of amides is 1. The lowest BCUT2D eigenvalue weighted by atomic mass is 9.95. The Labute approximate surface area is 210 Å². The molecule has 37 heavy (non-hydrogen) atoms. The lowest BCUT2D eigenvalue weighted by Gasteiger charge is -2.47. The van der Waals surface area contributed by atoms with Crippen molar-refractivity contribution in [3.05, 3.63) is 0 Å². The van der Waals surface area contributed by atoms with Gasteiger partial charge in [-0.2, -0.15) is 0 Å². The normalized spacial score (nSPS) is 49.0. The first-order valence-corrected chi connectivity index (χ1v) is 11.6. The summed E-state index contributed by atoms with van der Waals surface area (Å²) in [6, 6.07) is -1.44. The molecule has 0 aliphatic carbocycles. The van der Waals surface area contributed by atoms with Crippen molar-refractivity contribution in [1.82, 2.24) is 5.32 Å². The zero-order valence-electron chi connectivity index (χ0n) is 19.7. The zero-order chi connectivity index (χ0) is 27.6. The van der Waals surface area contributed by atoms with Crippen molar-refractivity contribution in [2.24, 2.45) is 0 Å². The molecular weight excluding hydrogens is 510 g/mol. The van der Waals surface area contributed by atoms with Crippen molar-refractivity contribution in [1.29, 1.82) is 0 Å². The first-order valence-electron chi connectivity index (χ1n) is 11.6. The number of carbonyl (C=O) groups is 1. The highest BCUT2D eigenvalue weighted by atomic mass is 16.7. The predicted octanol–water partition coefficient (Wildman–Crippen LogP) is -7.43. The molecule has 3 aliphatic rings. The second-order valence-electron chi connectivity index (χ2n) is 9.11. The highest BCUT2D eigenvalue weighted by Crippen LogP contribution is 2.30. The van der Waals surface area contributed by atoms with E-state index in [9.17, 15) is 55.9 Å². The number of hydrogen-bond acceptors (Lipinski definition) is 16. The Kier molecular flexibility index (Phi) is 10.5. The summed E-state index contributed by atoms with van der Waals surface area (Å²) in [5, 5.41) is 103. The number of carbonyl (C=O) groups excluding carboxylic acids is 1. The number of hydrogen-bond donors (Lipinski definition) is 11. The van der Waals surface area contributed by atoms with Crippen molar-refractivity contribution >= 4 is 5.91 Å². The van der Waals surface area contributed by atoms with E-state index in [0.29, 0.717) is 0 Å². The molecule has 216 valence electrons. The third-order valence-electron chi connectivity index (χ3n) is 6.48. The van der Waals surface area contributed by atoms with E-state index in [0.717, 1.165) is 6.92 Å². The lowest BCUT2D eigenvalue weighted by Crippen LogP contribution is -2.68. The van der Waals surface area contributed by atoms with Crippen LogP contribution in [0.4, 0.5) is 0 Å². The van der Waals surface area contributed by atoms with Crippen molar-refractivity contribution < 1.29 is 79.5 Å². The molecule has 17 heteroatoms. The fraction of sp³-hybridized carbons (Fsp3) is 0.950. The highest BCUT2D eigenvalue weighted by molar-refractivity contribution is 5.73. The fourth-order valence-corrected chi connectivity index (χ4v) is 4.35. The third-order valence-corrected chi connectivity index (χ3v) is 6.48. The number of rotatable bonds is 8. The van der Waals surface area contributed by atoms with Crippen LogP contribution in [-0.4, -0.2) is 169 Å². The predicted molar refractivity (Wildman–Crippen MR) is 113 cm³/mol. The first-order chi connectivity index (χ1) is 17.4. The van der Waals surface area contributed by atoms with Crippen LogP contribution in [0.25, 0.3) is 0 Å². The first kappa shape index (κ1) is 30.4. The van der Waals surface area contributed by atoms with Gasteiger partial charge in [0.15, 0.2) is 18.9 Å². The number of aliphatic hydroxyl groups is 10. The average molecular weight is 545 g/mol. The summed E-state index contributed by atoms with van der Waals surface area (Å²) in [6.45, 7) is -0.971. The standard InChI is InChI=1S/C20H35NO16/c1-5(24)21-9-13(28)11(26)8(4-33-20-15(30)14(29)10(25)6(2-22)35-20)36-19(9)37-17-12(27)7(3-23)34-18(32)16(17)31/h6-20,22-23,25-32H,2-4H2,1H3,(H,21,24)/t6-,7-,8-,9-,10+,11-,12+,13-,14+,15-,16-,17+,18?,19+,20-/m1/s1. The van der Waals surface area contributed by atoms with Gasteiger partial charge in [-0.1, -0.05) is 0 Å². The van der Waals surface area contributed by atoms with Gasteiger partial charge in [0.1, 0.15) is 73.2 Å². The molecule has 0 radical (unpaired) electrons. The molecule has 0 spiro atoms. The molecule has 3 aliphatic heterocycles. The highest BCUT2D eigenvalue weighted by Gasteiger charge is 2.52. The van der Waals surface area contributed by atoms with Gasteiger partial charge in [0, 0.05) is 6.92 Å². The summed E-state index contributed by atoms with van der Waals surface area (Å²) in [5.74, 6) is -0.661. The van der Waals surface area contributed by atoms with Crippen molar-refractivity contribution in [3.63, 3.8) is 0 Å². The van der Waals surface area contributed by atoms with Gasteiger partial charge < -0.3 is 80.1 Å². The molecule has 3 saturated heterocycles. The maximum atomic E-state index is 11.7. The van der Waals surface area contributed by atoms with Gasteiger partial charge in [-0.3, -0.25) is 4.79 Å². The van der Waals surface area contributed by atoms with E-state index < -0.39 is 118 Å². The second kappa shape index (κ2) is 12.8. The Hall–Kier alpha value is -1.13. The maximum absolute atomic E-state index is 11.7. The van der Waals surface area contributed by atoms with Crippen molar-refractivity contribution in [2.75, 3.05) is 19.8 Å². The number of aliphatic hydroxyl groups excluding tert-OH is 10. The Morgan fingerprint density at radius 3 is 1.86 bits per heavy atom. The van der Waals surface area contributed by atoms with E-state index >= 15 is 0 Å². The van der Waals surface area contributed by atoms with Crippen molar-refractivity contribution in [2.45, 2.75) is 99.0 Å². The van der Waals surface area contributed by atoms with Gasteiger partial charge in [0.2, 0.25) is 5.91 Å². The van der Waals surface area contributed by atoms with E-state index in [1.165, 1.54) is 0 Å². The van der Waals surface area contributed by atoms with Crippen LogP contribution in [0.1, 0.15) is 6.92 Å². The summed E-state index contributed by atoms with van der Waals surface area (Å²) in [7, 11) is 0. The van der Waals surface area contributed by atoms with Crippen LogP contribution in [0.2, 0.25) is 0 Å². The number of nitrogens with one attached hydrogen (secondary N) is 1. The fourth-order valence-electron chi connectivity index (χ4n) is 4.35. The van der Waals surface area contributed by atoms with E-state index in [1.807, 2.05) is 0 Å². The number of ether oxygens (including phenoxy) is 5. The molecule has 3 heterocycles. The van der Waals surface area contributed by atoms with Gasteiger partial charge in [-0.05, 0) is 0 Å². The maximum Gasteiger partial charge on any atom is 0.217 e. The van der Waals surface area contributed by atoms with Crippen LogP contribution in [0.5, 0.6) is 0 Å². The van der Waals surface area contributed by atoms with Crippen LogP contribution in [-0.2, 0) is 28.5 Å². The molecule has 0 bridgehead atoms. The summed E-state index contributed by atoms with van der Waals surface area (Å²) in [4.78, 5) is 11.7. The Morgan fingerprint density at radius 1 is 0.703 bits per heavy atom. The molecule has 3 fully saturated rings. The molecular formula is C20H35NO16. The molecule has 17 nitrogen and oxygen atoms in total. The van der Waals surface area contributed by atoms with E-state index in [2.05, 4.69) is 5.32 Å². The van der Waals surface area contributed by atoms with Crippen LogP contribution < -0.4 is 5.32 Å². The molecule has 0 aromatic rings. The molecule has 11 N–H and O–H groups in total. The molecule has 1 unspecified atom stereocenters. The van der Waals surface area contributed by atoms with Crippen LogP contribution in [0.3, 0.4) is 0 Å². The largest absolute Gasteiger partial charge is 0.394 e. The third kappa shape index (κ3) is 6.55. The molecule has 0 saturated carbocycles. The minimum atomic E-state index is -1.87. The summed E-state index contributed by atoms with van der Waals surface area (Å²) in [5.41, 5.74) is 0. The Bertz CT molecular complexity index is 745. The minimum Gasteiger partial charge on any atom is -0.394 e. The quantitative estimate of drug-likeness (QED) is 0.135. The lowest BCUT2D eigenvalue weighted by molar-refractivity contribution is -0.349. The van der Waals surface area contributed by atoms with Gasteiger partial charge in [-0.15, -0.1) is 0 Å². The van der Waals surface area contributed by atoms with Crippen LogP contribution >= 0.6 is 0 Å². The van der Waals surface area contributed by atoms with Gasteiger partial charge in [0.05, 0.1) is 19.8 Å². The molecule has 0 aromatic heterocycles. The summed E-state index contributed by atoms with van der Waals surface area (Å²) >= 11 is 0. The zero-order valence-corrected chi connectivity index (χ0v) is 19.7. The molecule has 15 atom stereocenters. The summed E-state index contributed by atoms with van der Waals surface area (Å²) in [6.07, 6.45) is -22.9. The average Bonchev–Trinajstić information content (AvgIpc) is 2.86. The summed E-state index contributed by atoms with van der Waals surface area (Å²) < 4.78 is 26.7. The minimum absolute atomic E-state index is 0.617. The van der Waals surface area contributed by atoms with Gasteiger partial charge in [-0.25, -0.2) is 0 Å². The Balaban J connectivity index is 1.75. The van der Waals surface area contributed by atoms with Crippen LogP contribution in [0.15, 0.2) is 0 Å². The van der Waals surface area contributed by atoms with Gasteiger partial charge >= 0.3 is 0 Å². The van der Waals surface area contributed by atoms with E-state index in [-0.39, 0.29) is 0 Å². The SMILES string of the molecule is CC(=O)N[C@H]1[C@H](O[C@H]2[C@@H](O)[C@@H](CO)OC(O)[C@@H]2O)O[C@H](CO[C@@H]2O[C@H](CO)[C@H](O)[C@H](O)[C@H]2O)[C@@H](O)[C@@H]1O. The van der Waals surface area contributed by atoms with Crippen molar-refractivity contribution in [3.8, 4) is 0 Å². The van der Waals surface area contributed by atoms with Gasteiger partial charge in [0.25, 0.3) is 0 Å². The molecule has 0 aromatic carbocycles.